The first-order valence-electron chi connectivity index (χ1n) is 5.69. The number of rotatable bonds is 2. The van der Waals surface area contributed by atoms with Crippen molar-refractivity contribution in [3.05, 3.63) is 24.0 Å². The number of nitrogens with zero attached hydrogens (tertiary/aromatic N) is 1. The van der Waals surface area contributed by atoms with Crippen LogP contribution in [0.5, 0.6) is 0 Å². The van der Waals surface area contributed by atoms with Crippen molar-refractivity contribution in [2.75, 3.05) is 18.4 Å². The van der Waals surface area contributed by atoms with Gasteiger partial charge in [-0.1, -0.05) is 0 Å². The molecule has 0 bridgehead atoms. The summed E-state index contributed by atoms with van der Waals surface area (Å²) in [5, 5.41) is 6.18. The Labute approximate surface area is 95.5 Å². The summed E-state index contributed by atoms with van der Waals surface area (Å²) in [4.78, 5) is 16.0. The molecule has 0 spiro atoms. The van der Waals surface area contributed by atoms with Gasteiger partial charge in [0.1, 0.15) is 0 Å². The minimum atomic E-state index is 0.0911. The summed E-state index contributed by atoms with van der Waals surface area (Å²) in [7, 11) is 0. The van der Waals surface area contributed by atoms with Crippen molar-refractivity contribution in [1.29, 1.82) is 0 Å². The predicted molar refractivity (Wildman–Crippen MR) is 63.2 cm³/mol. The van der Waals surface area contributed by atoms with Gasteiger partial charge in [0.25, 0.3) is 0 Å². The van der Waals surface area contributed by atoms with Gasteiger partial charge in [0, 0.05) is 12.7 Å². The molecule has 16 heavy (non-hydrogen) atoms. The molecule has 2 N–H and O–H groups in total. The van der Waals surface area contributed by atoms with Crippen LogP contribution in [0, 0.1) is 12.8 Å². The Morgan fingerprint density at radius 1 is 1.62 bits per heavy atom. The highest BCUT2D eigenvalue weighted by atomic mass is 16.1. The van der Waals surface area contributed by atoms with Crippen molar-refractivity contribution < 1.29 is 4.79 Å². The van der Waals surface area contributed by atoms with E-state index >= 15 is 0 Å². The Balaban J connectivity index is 1.99. The first-order valence-corrected chi connectivity index (χ1v) is 5.69. The van der Waals surface area contributed by atoms with Crippen LogP contribution in [0.15, 0.2) is 18.5 Å². The summed E-state index contributed by atoms with van der Waals surface area (Å²) in [5.74, 6) is 0.191. The molecule has 86 valence electrons. The van der Waals surface area contributed by atoms with E-state index in [0.29, 0.717) is 0 Å². The van der Waals surface area contributed by atoms with E-state index in [0.717, 1.165) is 37.2 Å². The molecule has 1 saturated heterocycles. The lowest BCUT2D eigenvalue weighted by molar-refractivity contribution is -0.120. The van der Waals surface area contributed by atoms with Gasteiger partial charge in [-0.2, -0.15) is 0 Å². The first-order chi connectivity index (χ1) is 7.77. The van der Waals surface area contributed by atoms with Gasteiger partial charge >= 0.3 is 0 Å². The molecule has 1 aliphatic heterocycles. The van der Waals surface area contributed by atoms with E-state index in [2.05, 4.69) is 15.6 Å². The molecule has 0 unspecified atom stereocenters. The molecule has 1 aromatic heterocycles. The number of pyridine rings is 1. The Kier molecular flexibility index (Phi) is 3.51. The van der Waals surface area contributed by atoms with E-state index in [1.165, 1.54) is 0 Å². The summed E-state index contributed by atoms with van der Waals surface area (Å²) in [5.41, 5.74) is 1.87. The number of amides is 1. The van der Waals surface area contributed by atoms with Crippen LogP contribution in [-0.2, 0) is 4.79 Å². The zero-order valence-corrected chi connectivity index (χ0v) is 9.49. The van der Waals surface area contributed by atoms with Gasteiger partial charge in [-0.3, -0.25) is 9.78 Å². The fourth-order valence-corrected chi connectivity index (χ4v) is 1.91. The largest absolute Gasteiger partial charge is 0.324 e. The van der Waals surface area contributed by atoms with Crippen molar-refractivity contribution in [2.45, 2.75) is 19.8 Å². The van der Waals surface area contributed by atoms with Gasteiger partial charge in [-0.05, 0) is 37.9 Å². The molecule has 1 aromatic rings. The second-order valence-electron chi connectivity index (χ2n) is 4.22. The average molecular weight is 219 g/mol. The fourth-order valence-electron chi connectivity index (χ4n) is 1.91. The maximum Gasteiger partial charge on any atom is 0.228 e. The van der Waals surface area contributed by atoms with Crippen molar-refractivity contribution in [3.63, 3.8) is 0 Å². The minimum absolute atomic E-state index is 0.0911. The van der Waals surface area contributed by atoms with Gasteiger partial charge in [0.05, 0.1) is 17.8 Å². The highest BCUT2D eigenvalue weighted by Crippen LogP contribution is 2.16. The molecule has 0 aliphatic carbocycles. The Bertz CT molecular complexity index is 372. The minimum Gasteiger partial charge on any atom is -0.324 e. The van der Waals surface area contributed by atoms with Crippen molar-refractivity contribution in [1.82, 2.24) is 10.3 Å². The molecule has 1 fully saturated rings. The molecule has 4 nitrogen and oxygen atoms in total. The molecule has 1 atom stereocenters. The zero-order valence-electron chi connectivity index (χ0n) is 9.49. The zero-order chi connectivity index (χ0) is 11.4. The van der Waals surface area contributed by atoms with E-state index in [-0.39, 0.29) is 11.8 Å². The molecule has 0 radical (unpaired) electrons. The van der Waals surface area contributed by atoms with Gasteiger partial charge in [-0.15, -0.1) is 0 Å². The maximum atomic E-state index is 11.9. The number of carbonyl (C=O) groups excluding carboxylic acids is 1. The summed E-state index contributed by atoms with van der Waals surface area (Å²) in [6.07, 6.45) is 5.47. The number of aromatic nitrogens is 1. The molecule has 1 aliphatic rings. The Hall–Kier alpha value is -1.42. The SMILES string of the molecule is Cc1ccncc1NC(=O)[C@@H]1CCCNC1. The standard InChI is InChI=1S/C12H17N3O/c1-9-4-6-14-8-11(9)15-12(16)10-3-2-5-13-7-10/h4,6,8,10,13H,2-3,5,7H2,1H3,(H,15,16)/t10-/m1/s1. The lowest BCUT2D eigenvalue weighted by Crippen LogP contribution is -2.37. The second-order valence-corrected chi connectivity index (χ2v) is 4.22. The monoisotopic (exact) mass is 219 g/mol. The summed E-state index contributed by atoms with van der Waals surface area (Å²) >= 11 is 0. The van der Waals surface area contributed by atoms with E-state index in [1.54, 1.807) is 12.4 Å². The molecule has 2 rings (SSSR count). The van der Waals surface area contributed by atoms with E-state index in [9.17, 15) is 4.79 Å². The van der Waals surface area contributed by atoms with Crippen LogP contribution >= 0.6 is 0 Å². The summed E-state index contributed by atoms with van der Waals surface area (Å²) < 4.78 is 0. The number of piperidine rings is 1. The number of aryl methyl sites for hydroxylation is 1. The second kappa shape index (κ2) is 5.07. The Morgan fingerprint density at radius 3 is 3.19 bits per heavy atom. The fraction of sp³-hybridized carbons (Fsp3) is 0.500. The van der Waals surface area contributed by atoms with Gasteiger partial charge in [-0.25, -0.2) is 0 Å². The van der Waals surface area contributed by atoms with E-state index in [4.69, 9.17) is 0 Å². The quantitative estimate of drug-likeness (QED) is 0.789. The van der Waals surface area contributed by atoms with Gasteiger partial charge in [0.2, 0.25) is 5.91 Å². The molecular weight excluding hydrogens is 202 g/mol. The molecule has 1 amide bonds. The van der Waals surface area contributed by atoms with Crippen LogP contribution in [0.1, 0.15) is 18.4 Å². The first kappa shape index (κ1) is 11.1. The molecule has 4 heteroatoms. The van der Waals surface area contributed by atoms with E-state index in [1.807, 2.05) is 13.0 Å². The van der Waals surface area contributed by atoms with Crippen molar-refractivity contribution in [3.8, 4) is 0 Å². The van der Waals surface area contributed by atoms with Crippen LogP contribution in [0.25, 0.3) is 0 Å². The predicted octanol–water partition coefficient (Wildman–Crippen LogP) is 1.33. The highest BCUT2D eigenvalue weighted by Gasteiger charge is 2.21. The summed E-state index contributed by atoms with van der Waals surface area (Å²) in [6, 6.07) is 1.90. The third-order valence-electron chi connectivity index (χ3n) is 2.96. The van der Waals surface area contributed by atoms with Crippen LogP contribution in [0.3, 0.4) is 0 Å². The van der Waals surface area contributed by atoms with Crippen LogP contribution in [0.2, 0.25) is 0 Å². The third kappa shape index (κ3) is 2.58. The van der Waals surface area contributed by atoms with Gasteiger partial charge < -0.3 is 10.6 Å². The molecular formula is C12H17N3O. The Morgan fingerprint density at radius 2 is 2.50 bits per heavy atom. The number of nitrogens with one attached hydrogen (secondary N) is 2. The summed E-state index contributed by atoms with van der Waals surface area (Å²) in [6.45, 7) is 3.78. The molecule has 0 saturated carbocycles. The lowest BCUT2D eigenvalue weighted by Gasteiger charge is -2.22. The highest BCUT2D eigenvalue weighted by molar-refractivity contribution is 5.93. The number of carbonyl (C=O) groups is 1. The smallest absolute Gasteiger partial charge is 0.228 e. The van der Waals surface area contributed by atoms with Crippen molar-refractivity contribution >= 4 is 11.6 Å². The van der Waals surface area contributed by atoms with Crippen LogP contribution in [-0.4, -0.2) is 24.0 Å². The normalized spacial score (nSPS) is 20.4. The molecule has 2 heterocycles. The van der Waals surface area contributed by atoms with Crippen molar-refractivity contribution in [2.24, 2.45) is 5.92 Å². The number of anilines is 1. The van der Waals surface area contributed by atoms with Gasteiger partial charge in [0.15, 0.2) is 0 Å². The number of hydrogen-bond donors (Lipinski definition) is 2. The maximum absolute atomic E-state index is 11.9. The average Bonchev–Trinajstić information content (AvgIpc) is 2.33. The number of hydrogen-bond acceptors (Lipinski definition) is 3. The molecule has 0 aromatic carbocycles. The topological polar surface area (TPSA) is 54.0 Å². The third-order valence-corrected chi connectivity index (χ3v) is 2.96. The van der Waals surface area contributed by atoms with E-state index < -0.39 is 0 Å². The van der Waals surface area contributed by atoms with Crippen LogP contribution in [0.4, 0.5) is 5.69 Å². The van der Waals surface area contributed by atoms with Crippen LogP contribution < -0.4 is 10.6 Å². The lowest BCUT2D eigenvalue weighted by atomic mass is 9.99.